The molecule has 1 aromatic rings. The van der Waals surface area contributed by atoms with Crippen molar-refractivity contribution in [2.75, 3.05) is 0 Å². The van der Waals surface area contributed by atoms with Crippen LogP contribution >= 0.6 is 11.5 Å². The quantitative estimate of drug-likeness (QED) is 0.667. The summed E-state index contributed by atoms with van der Waals surface area (Å²) in [6.07, 6.45) is 0. The van der Waals surface area contributed by atoms with Gasteiger partial charge >= 0.3 is 0 Å². The average Bonchev–Trinajstić information content (AvgIpc) is 2.51. The third-order valence-electron chi connectivity index (χ3n) is 1.26. The van der Waals surface area contributed by atoms with Crippen LogP contribution in [0.5, 0.6) is 0 Å². The molecule has 0 aromatic carbocycles. The number of carbonyl (C=O) groups excluding carboxylic acids is 1. The Labute approximate surface area is 74.1 Å². The lowest BCUT2D eigenvalue weighted by Gasteiger charge is -2.04. The second-order valence-corrected chi connectivity index (χ2v) is 3.01. The molecule has 1 aromatic heterocycles. The number of aromatic nitrogens is 2. The van der Waals surface area contributed by atoms with Gasteiger partial charge in [-0.3, -0.25) is 4.79 Å². The van der Waals surface area contributed by atoms with Gasteiger partial charge in [-0.25, -0.2) is 0 Å². The largest absolute Gasteiger partial charge is 0.349 e. The predicted molar refractivity (Wildman–Crippen MR) is 45.4 cm³/mol. The Morgan fingerprint density at radius 1 is 1.92 bits per heavy atom. The smallest absolute Gasteiger partial charge is 0.236 e. The van der Waals surface area contributed by atoms with Gasteiger partial charge in [-0.1, -0.05) is 4.49 Å². The molecule has 1 atom stereocenters. The van der Waals surface area contributed by atoms with Crippen molar-refractivity contribution in [3.63, 3.8) is 0 Å². The molecule has 0 aliphatic carbocycles. The van der Waals surface area contributed by atoms with Gasteiger partial charge in [-0.15, -0.1) is 5.10 Å². The minimum absolute atomic E-state index is 0.178. The van der Waals surface area contributed by atoms with E-state index < -0.39 is 6.04 Å². The van der Waals surface area contributed by atoms with E-state index >= 15 is 0 Å². The zero-order chi connectivity index (χ0) is 8.97. The molecule has 1 rings (SSSR count). The monoisotopic (exact) mass is 186 g/mol. The van der Waals surface area contributed by atoms with Crippen LogP contribution in [-0.2, 0) is 11.3 Å². The maximum absolute atomic E-state index is 11.0. The van der Waals surface area contributed by atoms with Crippen LogP contribution in [0.25, 0.3) is 0 Å². The zero-order valence-electron chi connectivity index (χ0n) is 6.65. The highest BCUT2D eigenvalue weighted by atomic mass is 32.1. The first-order valence-electron chi connectivity index (χ1n) is 3.49. The molecule has 0 fully saturated rings. The first-order valence-corrected chi connectivity index (χ1v) is 4.33. The first-order chi connectivity index (χ1) is 5.70. The number of hydrogen-bond acceptors (Lipinski definition) is 5. The Morgan fingerprint density at radius 3 is 3.17 bits per heavy atom. The number of nitrogens with one attached hydrogen (secondary N) is 1. The molecule has 1 amide bonds. The minimum Gasteiger partial charge on any atom is -0.349 e. The molecule has 0 bridgehead atoms. The van der Waals surface area contributed by atoms with E-state index in [9.17, 15) is 4.79 Å². The standard InChI is InChI=1S/C6H10N4OS/c1-4(7)6(11)8-2-5-3-12-10-9-5/h3-4H,2,7H2,1H3,(H,8,11). The van der Waals surface area contributed by atoms with Crippen molar-refractivity contribution in [1.82, 2.24) is 14.9 Å². The summed E-state index contributed by atoms with van der Waals surface area (Å²) in [4.78, 5) is 11.0. The van der Waals surface area contributed by atoms with Crippen LogP contribution in [0.3, 0.4) is 0 Å². The van der Waals surface area contributed by atoms with E-state index in [1.165, 1.54) is 11.5 Å². The number of carbonyl (C=O) groups is 1. The maximum atomic E-state index is 11.0. The topological polar surface area (TPSA) is 80.9 Å². The molecule has 0 aliphatic heterocycles. The van der Waals surface area contributed by atoms with Gasteiger partial charge in [0.2, 0.25) is 5.91 Å². The Kier molecular flexibility index (Phi) is 3.12. The SMILES string of the molecule is CC(N)C(=O)NCc1csnn1. The molecule has 0 saturated heterocycles. The van der Waals surface area contributed by atoms with Crippen molar-refractivity contribution >= 4 is 17.4 Å². The fourth-order valence-electron chi connectivity index (χ4n) is 0.600. The zero-order valence-corrected chi connectivity index (χ0v) is 7.47. The van der Waals surface area contributed by atoms with Crippen LogP contribution < -0.4 is 11.1 Å². The lowest BCUT2D eigenvalue weighted by Crippen LogP contribution is -2.37. The highest BCUT2D eigenvalue weighted by molar-refractivity contribution is 7.03. The Balaban J connectivity index is 2.32. The highest BCUT2D eigenvalue weighted by Crippen LogP contribution is 1.95. The van der Waals surface area contributed by atoms with Gasteiger partial charge in [-0.2, -0.15) is 0 Å². The molecule has 1 unspecified atom stereocenters. The van der Waals surface area contributed by atoms with E-state index in [0.717, 1.165) is 5.69 Å². The van der Waals surface area contributed by atoms with E-state index in [1.807, 2.05) is 0 Å². The van der Waals surface area contributed by atoms with Crippen molar-refractivity contribution in [2.45, 2.75) is 19.5 Å². The van der Waals surface area contributed by atoms with Gasteiger partial charge < -0.3 is 11.1 Å². The molecule has 5 nitrogen and oxygen atoms in total. The minimum atomic E-state index is -0.475. The van der Waals surface area contributed by atoms with Gasteiger partial charge in [0.15, 0.2) is 0 Å². The van der Waals surface area contributed by atoms with Crippen LogP contribution in [0.1, 0.15) is 12.6 Å². The summed E-state index contributed by atoms with van der Waals surface area (Å²) in [6, 6.07) is -0.475. The van der Waals surface area contributed by atoms with Gasteiger partial charge in [-0.05, 0) is 18.5 Å². The van der Waals surface area contributed by atoms with Crippen molar-refractivity contribution in [3.8, 4) is 0 Å². The summed E-state index contributed by atoms with van der Waals surface area (Å²) < 4.78 is 3.65. The van der Waals surface area contributed by atoms with Gasteiger partial charge in [0.05, 0.1) is 18.3 Å². The lowest BCUT2D eigenvalue weighted by atomic mass is 10.3. The Morgan fingerprint density at radius 2 is 2.67 bits per heavy atom. The number of rotatable bonds is 3. The van der Waals surface area contributed by atoms with Crippen LogP contribution in [-0.4, -0.2) is 21.5 Å². The van der Waals surface area contributed by atoms with E-state index in [0.29, 0.717) is 6.54 Å². The van der Waals surface area contributed by atoms with Crippen molar-refractivity contribution < 1.29 is 4.79 Å². The highest BCUT2D eigenvalue weighted by Gasteiger charge is 2.06. The summed E-state index contributed by atoms with van der Waals surface area (Å²) in [6.45, 7) is 2.03. The van der Waals surface area contributed by atoms with E-state index in [4.69, 9.17) is 5.73 Å². The fraction of sp³-hybridized carbons (Fsp3) is 0.500. The summed E-state index contributed by atoms with van der Waals surface area (Å²) in [5, 5.41) is 8.16. The molecule has 3 N–H and O–H groups in total. The number of hydrogen-bond donors (Lipinski definition) is 2. The second kappa shape index (κ2) is 4.13. The Bertz CT molecular complexity index is 246. The molecule has 6 heteroatoms. The number of nitrogens with zero attached hydrogens (tertiary/aromatic N) is 2. The molecule has 0 spiro atoms. The van der Waals surface area contributed by atoms with Crippen molar-refractivity contribution in [2.24, 2.45) is 5.73 Å². The van der Waals surface area contributed by atoms with Gasteiger partial charge in [0, 0.05) is 5.38 Å². The molecule has 1 heterocycles. The average molecular weight is 186 g/mol. The van der Waals surface area contributed by atoms with E-state index in [1.54, 1.807) is 12.3 Å². The Hall–Kier alpha value is -1.01. The summed E-state index contributed by atoms with van der Waals surface area (Å²) in [7, 11) is 0. The molecule has 12 heavy (non-hydrogen) atoms. The summed E-state index contributed by atoms with van der Waals surface area (Å²) in [5.41, 5.74) is 6.09. The molecule has 66 valence electrons. The van der Waals surface area contributed by atoms with Crippen LogP contribution in [0.4, 0.5) is 0 Å². The number of amides is 1. The maximum Gasteiger partial charge on any atom is 0.236 e. The molecule has 0 aliphatic rings. The normalized spacial score (nSPS) is 12.5. The molecule has 0 saturated carbocycles. The summed E-state index contributed by atoms with van der Waals surface area (Å²) >= 11 is 1.26. The van der Waals surface area contributed by atoms with Crippen molar-refractivity contribution in [1.29, 1.82) is 0 Å². The van der Waals surface area contributed by atoms with Gasteiger partial charge in [0.25, 0.3) is 0 Å². The lowest BCUT2D eigenvalue weighted by molar-refractivity contribution is -0.122. The van der Waals surface area contributed by atoms with E-state index in [-0.39, 0.29) is 5.91 Å². The molecular formula is C6H10N4OS. The second-order valence-electron chi connectivity index (χ2n) is 2.40. The first kappa shape index (κ1) is 9.08. The fourth-order valence-corrected chi connectivity index (χ4v) is 1.05. The van der Waals surface area contributed by atoms with Crippen LogP contribution in [0.2, 0.25) is 0 Å². The van der Waals surface area contributed by atoms with Crippen LogP contribution in [0.15, 0.2) is 5.38 Å². The van der Waals surface area contributed by atoms with E-state index in [2.05, 4.69) is 14.9 Å². The third-order valence-corrected chi connectivity index (χ3v) is 1.82. The number of nitrogens with two attached hydrogens (primary N) is 1. The molecule has 0 radical (unpaired) electrons. The third kappa shape index (κ3) is 2.55. The molecular weight excluding hydrogens is 176 g/mol. The van der Waals surface area contributed by atoms with Crippen molar-refractivity contribution in [3.05, 3.63) is 11.1 Å². The predicted octanol–water partition coefficient (Wildman–Crippen LogP) is -0.499. The summed E-state index contributed by atoms with van der Waals surface area (Å²) in [5.74, 6) is -0.178. The van der Waals surface area contributed by atoms with Gasteiger partial charge in [0.1, 0.15) is 0 Å². The van der Waals surface area contributed by atoms with Crippen LogP contribution in [0, 0.1) is 0 Å².